The van der Waals surface area contributed by atoms with Crippen molar-refractivity contribution >= 4 is 12.1 Å². The van der Waals surface area contributed by atoms with E-state index in [2.05, 4.69) is 6.07 Å². The van der Waals surface area contributed by atoms with Crippen molar-refractivity contribution in [2.45, 2.75) is 83.7 Å². The molecule has 166 valence electrons. The first-order chi connectivity index (χ1) is 14.2. The lowest BCUT2D eigenvalue weighted by Gasteiger charge is -2.34. The van der Waals surface area contributed by atoms with E-state index in [4.69, 9.17) is 14.5 Å². The Hall–Kier alpha value is -2.11. The minimum atomic E-state index is -0.473. The number of amides is 1. The van der Waals surface area contributed by atoms with Gasteiger partial charge in [0.05, 0.1) is 13.5 Å². The van der Waals surface area contributed by atoms with Gasteiger partial charge in [0.15, 0.2) is 0 Å². The molecule has 2 aliphatic rings. The second-order valence-electron chi connectivity index (χ2n) is 9.71. The molecule has 0 saturated carbocycles. The highest BCUT2D eigenvalue weighted by atomic mass is 16.6. The number of hydrogen-bond acceptors (Lipinski definition) is 5. The summed E-state index contributed by atoms with van der Waals surface area (Å²) in [6, 6.07) is 2.27. The van der Waals surface area contributed by atoms with Gasteiger partial charge in [0, 0.05) is 25.0 Å². The zero-order valence-corrected chi connectivity index (χ0v) is 18.9. The average molecular weight is 417 g/mol. The van der Waals surface area contributed by atoms with Crippen LogP contribution in [0.1, 0.15) is 82.0 Å². The maximum Gasteiger partial charge on any atom is 0.410 e. The standard InChI is InChI=1S/C24H36N2O4/c1-24(2,3)30-23(28)26-11-9-17(10-12-26)13-19(15-22(27)29-4)20-14-18-7-5-6-8-21(18)25-16-20/h14,16-17,19H,5-13,15H2,1-4H3. The number of carbonyl (C=O) groups excluding carboxylic acids is 2. The van der Waals surface area contributed by atoms with Crippen molar-refractivity contribution in [3.05, 3.63) is 29.1 Å². The maximum atomic E-state index is 12.3. The summed E-state index contributed by atoms with van der Waals surface area (Å²) < 4.78 is 10.5. The number of methoxy groups -OCH3 is 1. The third kappa shape index (κ3) is 6.19. The Morgan fingerprint density at radius 2 is 1.90 bits per heavy atom. The first-order valence-corrected chi connectivity index (χ1v) is 11.3. The molecule has 0 aromatic carbocycles. The minimum absolute atomic E-state index is 0.107. The zero-order valence-electron chi connectivity index (χ0n) is 18.9. The Kier molecular flexibility index (Phi) is 7.37. The first kappa shape index (κ1) is 22.6. The van der Waals surface area contributed by atoms with E-state index in [1.54, 1.807) is 4.90 Å². The Labute approximate surface area is 180 Å². The van der Waals surface area contributed by atoms with Crippen LogP contribution in [0.15, 0.2) is 12.3 Å². The fourth-order valence-corrected chi connectivity index (χ4v) is 4.53. The average Bonchev–Trinajstić information content (AvgIpc) is 2.72. The molecule has 1 aromatic rings. The number of aromatic nitrogens is 1. The molecule has 1 aromatic heterocycles. The van der Waals surface area contributed by atoms with Gasteiger partial charge in [0.1, 0.15) is 5.60 Å². The number of carbonyl (C=O) groups is 2. The quantitative estimate of drug-likeness (QED) is 0.654. The van der Waals surface area contributed by atoms with E-state index in [0.29, 0.717) is 25.4 Å². The Morgan fingerprint density at radius 3 is 2.57 bits per heavy atom. The lowest BCUT2D eigenvalue weighted by atomic mass is 9.81. The molecule has 6 nitrogen and oxygen atoms in total. The predicted octanol–water partition coefficient (Wildman–Crippen LogP) is 4.64. The summed E-state index contributed by atoms with van der Waals surface area (Å²) in [6.07, 6.45) is 9.44. The van der Waals surface area contributed by atoms with Gasteiger partial charge in [-0.15, -0.1) is 0 Å². The van der Waals surface area contributed by atoms with Crippen molar-refractivity contribution in [2.75, 3.05) is 20.2 Å². The lowest BCUT2D eigenvalue weighted by Crippen LogP contribution is -2.42. The van der Waals surface area contributed by atoms with Crippen LogP contribution in [0.5, 0.6) is 0 Å². The van der Waals surface area contributed by atoms with Crippen LogP contribution in [0.3, 0.4) is 0 Å². The largest absolute Gasteiger partial charge is 0.469 e. The van der Waals surface area contributed by atoms with Crippen LogP contribution in [-0.2, 0) is 27.1 Å². The van der Waals surface area contributed by atoms with Crippen molar-refractivity contribution in [3.63, 3.8) is 0 Å². The molecule has 2 heterocycles. The summed E-state index contributed by atoms with van der Waals surface area (Å²) >= 11 is 0. The molecule has 6 heteroatoms. The van der Waals surface area contributed by atoms with Crippen LogP contribution in [0.2, 0.25) is 0 Å². The fraction of sp³-hybridized carbons (Fsp3) is 0.708. The van der Waals surface area contributed by atoms with Crippen molar-refractivity contribution in [1.82, 2.24) is 9.88 Å². The number of ether oxygens (including phenoxy) is 2. The SMILES string of the molecule is COC(=O)CC(CC1CCN(C(=O)OC(C)(C)C)CC1)c1cnc2c(c1)CCCC2. The maximum absolute atomic E-state index is 12.3. The van der Waals surface area contributed by atoms with E-state index in [9.17, 15) is 9.59 Å². The molecule has 30 heavy (non-hydrogen) atoms. The van der Waals surface area contributed by atoms with Crippen LogP contribution in [0.4, 0.5) is 4.79 Å². The van der Waals surface area contributed by atoms with Gasteiger partial charge in [-0.05, 0) is 88.7 Å². The number of aryl methyl sites for hydroxylation is 2. The van der Waals surface area contributed by atoms with Crippen molar-refractivity contribution in [2.24, 2.45) is 5.92 Å². The van der Waals surface area contributed by atoms with E-state index >= 15 is 0 Å². The number of rotatable bonds is 5. The summed E-state index contributed by atoms with van der Waals surface area (Å²) in [7, 11) is 1.45. The highest BCUT2D eigenvalue weighted by molar-refractivity contribution is 5.70. The molecule has 0 N–H and O–H groups in total. The Balaban J connectivity index is 1.63. The van der Waals surface area contributed by atoms with Gasteiger partial charge >= 0.3 is 12.1 Å². The molecule has 1 saturated heterocycles. The molecule has 3 rings (SSSR count). The van der Waals surface area contributed by atoms with E-state index in [0.717, 1.165) is 37.7 Å². The molecule has 1 unspecified atom stereocenters. The van der Waals surface area contributed by atoms with Crippen LogP contribution in [-0.4, -0.2) is 47.7 Å². The Morgan fingerprint density at radius 1 is 1.20 bits per heavy atom. The topological polar surface area (TPSA) is 68.7 Å². The molecular formula is C24H36N2O4. The monoisotopic (exact) mass is 416 g/mol. The Bertz CT molecular complexity index is 748. The molecule has 1 aliphatic carbocycles. The van der Waals surface area contributed by atoms with E-state index in [1.165, 1.54) is 31.2 Å². The number of likely N-dealkylation sites (tertiary alicyclic amines) is 1. The number of fused-ring (bicyclic) bond motifs is 1. The number of piperidine rings is 1. The van der Waals surface area contributed by atoms with Crippen molar-refractivity contribution < 1.29 is 19.1 Å². The molecule has 0 radical (unpaired) electrons. The highest BCUT2D eigenvalue weighted by Gasteiger charge is 2.29. The van der Waals surface area contributed by atoms with Gasteiger partial charge in [-0.3, -0.25) is 9.78 Å². The van der Waals surface area contributed by atoms with Gasteiger partial charge in [0.25, 0.3) is 0 Å². The van der Waals surface area contributed by atoms with Crippen LogP contribution >= 0.6 is 0 Å². The summed E-state index contributed by atoms with van der Waals surface area (Å²) in [5, 5.41) is 0. The number of esters is 1. The van der Waals surface area contributed by atoms with E-state index in [1.807, 2.05) is 27.0 Å². The van der Waals surface area contributed by atoms with E-state index in [-0.39, 0.29) is 18.0 Å². The molecule has 1 aliphatic heterocycles. The fourth-order valence-electron chi connectivity index (χ4n) is 4.53. The second kappa shape index (κ2) is 9.80. The molecule has 0 bridgehead atoms. The van der Waals surface area contributed by atoms with Gasteiger partial charge in [0.2, 0.25) is 0 Å². The zero-order chi connectivity index (χ0) is 21.7. The minimum Gasteiger partial charge on any atom is -0.469 e. The van der Waals surface area contributed by atoms with Gasteiger partial charge in [-0.25, -0.2) is 4.79 Å². The van der Waals surface area contributed by atoms with Crippen LogP contribution < -0.4 is 0 Å². The highest BCUT2D eigenvalue weighted by Crippen LogP contribution is 2.34. The molecular weight excluding hydrogens is 380 g/mol. The van der Waals surface area contributed by atoms with Crippen molar-refractivity contribution in [1.29, 1.82) is 0 Å². The molecule has 0 spiro atoms. The summed E-state index contributed by atoms with van der Waals surface area (Å²) in [4.78, 5) is 30.9. The number of pyridine rings is 1. The van der Waals surface area contributed by atoms with Crippen LogP contribution in [0, 0.1) is 5.92 Å². The second-order valence-corrected chi connectivity index (χ2v) is 9.71. The molecule has 1 fully saturated rings. The summed E-state index contributed by atoms with van der Waals surface area (Å²) in [6.45, 7) is 7.07. The van der Waals surface area contributed by atoms with Gasteiger partial charge in [-0.1, -0.05) is 6.07 Å². The molecule has 1 amide bonds. The first-order valence-electron chi connectivity index (χ1n) is 11.3. The van der Waals surface area contributed by atoms with Gasteiger partial charge < -0.3 is 14.4 Å². The van der Waals surface area contributed by atoms with Gasteiger partial charge in [-0.2, -0.15) is 0 Å². The third-order valence-corrected chi connectivity index (χ3v) is 6.19. The molecule has 1 atom stereocenters. The summed E-state index contributed by atoms with van der Waals surface area (Å²) in [5.74, 6) is 0.397. The smallest absolute Gasteiger partial charge is 0.410 e. The number of nitrogens with zero attached hydrogens (tertiary/aromatic N) is 2. The lowest BCUT2D eigenvalue weighted by molar-refractivity contribution is -0.141. The summed E-state index contributed by atoms with van der Waals surface area (Å²) in [5.41, 5.74) is 3.23. The normalized spacial score (nSPS) is 18.5. The van der Waals surface area contributed by atoms with Crippen molar-refractivity contribution in [3.8, 4) is 0 Å². The third-order valence-electron chi connectivity index (χ3n) is 6.19. The predicted molar refractivity (Wildman–Crippen MR) is 115 cm³/mol. The van der Waals surface area contributed by atoms with E-state index < -0.39 is 5.60 Å². The number of hydrogen-bond donors (Lipinski definition) is 0. The van der Waals surface area contributed by atoms with Crippen LogP contribution in [0.25, 0.3) is 0 Å².